The molecule has 8 nitrogen and oxygen atoms in total. The molecule has 2 rings (SSSR count). The van der Waals surface area contributed by atoms with E-state index in [1.165, 1.54) is 0 Å². The topological polar surface area (TPSA) is 117 Å². The second-order valence-electron chi connectivity index (χ2n) is 5.42. The summed E-state index contributed by atoms with van der Waals surface area (Å²) in [7, 11) is 0. The number of carbonyl (C=O) groups excluding carboxylic acids is 2. The quantitative estimate of drug-likeness (QED) is 0.610. The van der Waals surface area contributed by atoms with Crippen molar-refractivity contribution in [3.05, 3.63) is 34.6 Å². The Kier molecular flexibility index (Phi) is 6.93. The molecule has 1 heterocycles. The number of benzene rings is 1. The Morgan fingerprint density at radius 3 is 2.84 bits per heavy atom. The first kappa shape index (κ1) is 18.9. The number of carboxylic acids is 1. The first-order valence-corrected chi connectivity index (χ1v) is 9.24. The third-order valence-electron chi connectivity index (χ3n) is 3.64. The molecule has 0 bridgehead atoms. The van der Waals surface area contributed by atoms with Gasteiger partial charge >= 0.3 is 0 Å². The highest BCUT2D eigenvalue weighted by Crippen LogP contribution is 2.13. The van der Waals surface area contributed by atoms with Gasteiger partial charge in [0, 0.05) is 12.5 Å². The monoisotopic (exact) mass is 363 g/mol. The molecule has 134 valence electrons. The van der Waals surface area contributed by atoms with Crippen LogP contribution in [0.5, 0.6) is 0 Å². The molecule has 0 radical (unpaired) electrons. The number of carbonyl (C=O) groups is 2. The van der Waals surface area contributed by atoms with Crippen LogP contribution < -0.4 is 16.0 Å². The molecule has 0 unspecified atom stereocenters. The number of rotatable bonds is 9. The SMILES string of the molecule is CSCC[C@H](C(=O)NCCCC(=O)[O-])n1nnc2ccccc2c1=O. The highest BCUT2D eigenvalue weighted by molar-refractivity contribution is 7.98. The van der Waals surface area contributed by atoms with Gasteiger partial charge in [0.2, 0.25) is 5.91 Å². The lowest BCUT2D eigenvalue weighted by atomic mass is 10.2. The van der Waals surface area contributed by atoms with Gasteiger partial charge in [0.15, 0.2) is 0 Å². The van der Waals surface area contributed by atoms with Crippen LogP contribution in [-0.2, 0) is 9.59 Å². The molecule has 0 aliphatic rings. The first-order valence-electron chi connectivity index (χ1n) is 7.85. The lowest BCUT2D eigenvalue weighted by Gasteiger charge is -2.17. The Morgan fingerprint density at radius 2 is 2.12 bits per heavy atom. The van der Waals surface area contributed by atoms with Crippen molar-refractivity contribution >= 4 is 34.5 Å². The molecule has 0 spiro atoms. The van der Waals surface area contributed by atoms with Gasteiger partial charge < -0.3 is 15.2 Å². The summed E-state index contributed by atoms with van der Waals surface area (Å²) >= 11 is 1.55. The Morgan fingerprint density at radius 1 is 1.36 bits per heavy atom. The minimum absolute atomic E-state index is 0.133. The predicted molar refractivity (Wildman–Crippen MR) is 93.1 cm³/mol. The number of nitrogens with one attached hydrogen (secondary N) is 1. The molecule has 0 saturated carbocycles. The Balaban J connectivity index is 2.21. The van der Waals surface area contributed by atoms with Crippen molar-refractivity contribution in [3.63, 3.8) is 0 Å². The maximum atomic E-state index is 12.6. The Labute approximate surface area is 148 Å². The zero-order chi connectivity index (χ0) is 18.2. The number of hydrogen-bond donors (Lipinski definition) is 1. The summed E-state index contributed by atoms with van der Waals surface area (Å²) in [4.78, 5) is 35.5. The van der Waals surface area contributed by atoms with Crippen LogP contribution in [0.25, 0.3) is 10.9 Å². The van der Waals surface area contributed by atoms with E-state index in [4.69, 9.17) is 0 Å². The lowest BCUT2D eigenvalue weighted by Crippen LogP contribution is -2.40. The second-order valence-corrected chi connectivity index (χ2v) is 6.41. The summed E-state index contributed by atoms with van der Waals surface area (Å²) in [6.45, 7) is 0.193. The van der Waals surface area contributed by atoms with Crippen molar-refractivity contribution in [1.82, 2.24) is 20.3 Å². The highest BCUT2D eigenvalue weighted by atomic mass is 32.2. The van der Waals surface area contributed by atoms with E-state index in [9.17, 15) is 19.5 Å². The van der Waals surface area contributed by atoms with Crippen molar-refractivity contribution in [2.75, 3.05) is 18.6 Å². The van der Waals surface area contributed by atoms with Crippen LogP contribution in [0, 0.1) is 0 Å². The number of carboxylic acid groups (broad SMARTS) is 1. The third-order valence-corrected chi connectivity index (χ3v) is 4.29. The minimum atomic E-state index is -1.16. The molecule has 25 heavy (non-hydrogen) atoms. The fourth-order valence-electron chi connectivity index (χ4n) is 2.36. The smallest absolute Gasteiger partial charge is 0.278 e. The van der Waals surface area contributed by atoms with Crippen LogP contribution >= 0.6 is 11.8 Å². The van der Waals surface area contributed by atoms with Gasteiger partial charge in [-0.15, -0.1) is 5.10 Å². The molecule has 0 aliphatic carbocycles. The summed E-state index contributed by atoms with van der Waals surface area (Å²) in [6, 6.07) is 6.03. The second kappa shape index (κ2) is 9.16. The third kappa shape index (κ3) is 5.02. The average Bonchev–Trinajstić information content (AvgIpc) is 2.60. The molecule has 0 saturated heterocycles. The van der Waals surface area contributed by atoms with E-state index in [1.807, 2.05) is 6.26 Å². The number of fused-ring (bicyclic) bond motifs is 1. The van der Waals surface area contributed by atoms with Gasteiger partial charge in [0.25, 0.3) is 5.56 Å². The number of nitrogens with zero attached hydrogens (tertiary/aromatic N) is 3. The first-order chi connectivity index (χ1) is 12.0. The molecule has 1 atom stereocenters. The molecular weight excluding hydrogens is 344 g/mol. The fourth-order valence-corrected chi connectivity index (χ4v) is 2.82. The van der Waals surface area contributed by atoms with Crippen LogP contribution in [0.3, 0.4) is 0 Å². The van der Waals surface area contributed by atoms with E-state index in [-0.39, 0.29) is 30.9 Å². The normalized spacial score (nSPS) is 12.0. The maximum absolute atomic E-state index is 12.6. The van der Waals surface area contributed by atoms with E-state index in [2.05, 4.69) is 15.6 Å². The highest BCUT2D eigenvalue weighted by Gasteiger charge is 2.23. The number of thioether (sulfide) groups is 1. The van der Waals surface area contributed by atoms with Crippen molar-refractivity contribution in [2.24, 2.45) is 0 Å². The number of hydrogen-bond acceptors (Lipinski definition) is 7. The molecule has 0 fully saturated rings. The fraction of sp³-hybridized carbons (Fsp3) is 0.438. The predicted octanol–water partition coefficient (Wildman–Crippen LogP) is -0.268. The molecule has 1 amide bonds. The van der Waals surface area contributed by atoms with Crippen molar-refractivity contribution < 1.29 is 14.7 Å². The van der Waals surface area contributed by atoms with E-state index in [1.54, 1.807) is 36.0 Å². The van der Waals surface area contributed by atoms with Crippen molar-refractivity contribution in [2.45, 2.75) is 25.3 Å². The zero-order valence-electron chi connectivity index (χ0n) is 13.8. The van der Waals surface area contributed by atoms with Gasteiger partial charge in [-0.2, -0.15) is 16.4 Å². The van der Waals surface area contributed by atoms with Gasteiger partial charge in [-0.3, -0.25) is 9.59 Å². The summed E-state index contributed by atoms with van der Waals surface area (Å²) in [5.41, 5.74) is 0.100. The van der Waals surface area contributed by atoms with Crippen molar-refractivity contribution in [1.29, 1.82) is 0 Å². The molecule has 2 aromatic rings. The Hall–Kier alpha value is -2.42. The van der Waals surface area contributed by atoms with Gasteiger partial charge in [-0.25, -0.2) is 0 Å². The van der Waals surface area contributed by atoms with Gasteiger partial charge in [0.1, 0.15) is 11.6 Å². The molecule has 1 N–H and O–H groups in total. The molecule has 0 aliphatic heterocycles. The van der Waals surface area contributed by atoms with Gasteiger partial charge in [-0.1, -0.05) is 17.3 Å². The molecular formula is C16H19N4O4S-. The van der Waals surface area contributed by atoms with Gasteiger partial charge in [-0.05, 0) is 43.4 Å². The van der Waals surface area contributed by atoms with Crippen LogP contribution in [0.4, 0.5) is 0 Å². The van der Waals surface area contributed by atoms with E-state index in [0.717, 1.165) is 4.68 Å². The summed E-state index contributed by atoms with van der Waals surface area (Å²) in [6.07, 6.45) is 2.46. The summed E-state index contributed by atoms with van der Waals surface area (Å²) < 4.78 is 1.10. The standard InChI is InChI=1S/C16H20N4O4S/c1-25-10-8-13(15(23)17-9-4-7-14(21)22)20-16(24)11-5-2-3-6-12(11)18-19-20/h2-3,5-6,13H,4,7-10H2,1H3,(H,17,23)(H,21,22)/p-1/t13-/m1/s1. The van der Waals surface area contributed by atoms with Crippen LogP contribution in [-0.4, -0.2) is 45.4 Å². The van der Waals surface area contributed by atoms with Crippen LogP contribution in [0.15, 0.2) is 29.1 Å². The van der Waals surface area contributed by atoms with Crippen molar-refractivity contribution in [3.8, 4) is 0 Å². The largest absolute Gasteiger partial charge is 0.550 e. The van der Waals surface area contributed by atoms with E-state index < -0.39 is 12.0 Å². The summed E-state index contributed by atoms with van der Waals surface area (Å²) in [5.74, 6) is -0.873. The van der Waals surface area contributed by atoms with Crippen LogP contribution in [0.2, 0.25) is 0 Å². The maximum Gasteiger partial charge on any atom is 0.278 e. The molecule has 1 aromatic heterocycles. The summed E-state index contributed by atoms with van der Waals surface area (Å²) in [5, 5.41) is 21.4. The molecule has 9 heteroatoms. The molecule has 1 aromatic carbocycles. The Bertz CT molecular complexity index is 808. The van der Waals surface area contributed by atoms with Crippen LogP contribution in [0.1, 0.15) is 25.3 Å². The minimum Gasteiger partial charge on any atom is -0.550 e. The number of aromatic nitrogens is 3. The number of aliphatic carboxylic acids is 1. The van der Waals surface area contributed by atoms with E-state index in [0.29, 0.717) is 23.1 Å². The average molecular weight is 363 g/mol. The van der Waals surface area contributed by atoms with E-state index >= 15 is 0 Å². The van der Waals surface area contributed by atoms with Gasteiger partial charge in [0.05, 0.1) is 5.39 Å². The number of amides is 1. The lowest BCUT2D eigenvalue weighted by molar-refractivity contribution is -0.305. The zero-order valence-corrected chi connectivity index (χ0v) is 14.6.